The minimum Gasteiger partial charge on any atom is -0.423 e. The summed E-state index contributed by atoms with van der Waals surface area (Å²) in [5.41, 5.74) is 1.64. The van der Waals surface area contributed by atoms with Crippen LogP contribution in [0.1, 0.15) is 28.8 Å². The van der Waals surface area contributed by atoms with E-state index >= 15 is 0 Å². The molecule has 70 valence electrons. The van der Waals surface area contributed by atoms with Gasteiger partial charge in [0, 0.05) is 5.56 Å². The molecule has 0 amide bonds. The summed E-state index contributed by atoms with van der Waals surface area (Å²) < 4.78 is 5.20. The Morgan fingerprint density at radius 1 is 1.21 bits per heavy atom. The Morgan fingerprint density at radius 3 is 2.64 bits per heavy atom. The molecule has 1 aromatic carbocycles. The number of rotatable bonds is 1. The molecular formula is C12H10O2. The van der Waals surface area contributed by atoms with E-state index in [2.05, 4.69) is 6.08 Å². The lowest BCUT2D eigenvalue weighted by atomic mass is 10.1. The van der Waals surface area contributed by atoms with Gasteiger partial charge in [-0.25, -0.2) is 4.79 Å². The fraction of sp³-hybridized carbons (Fsp3) is 0.250. The van der Waals surface area contributed by atoms with E-state index in [1.165, 1.54) is 12.8 Å². The second kappa shape index (κ2) is 2.71. The van der Waals surface area contributed by atoms with Crippen LogP contribution in [0.2, 0.25) is 0 Å². The Bertz CT molecular complexity index is 428. The largest absolute Gasteiger partial charge is 0.423 e. The average molecular weight is 186 g/mol. The maximum atomic E-state index is 11.4. The van der Waals surface area contributed by atoms with Crippen molar-refractivity contribution >= 4 is 11.7 Å². The van der Waals surface area contributed by atoms with Gasteiger partial charge in [0.25, 0.3) is 0 Å². The number of benzene rings is 1. The predicted molar refractivity (Wildman–Crippen MR) is 52.6 cm³/mol. The highest BCUT2D eigenvalue weighted by molar-refractivity contribution is 6.02. The molecule has 0 unspecified atom stereocenters. The number of cyclic esters (lactones) is 1. The molecule has 1 saturated carbocycles. The Hall–Kier alpha value is -1.57. The van der Waals surface area contributed by atoms with Crippen molar-refractivity contribution in [1.29, 1.82) is 0 Å². The van der Waals surface area contributed by atoms with Crippen molar-refractivity contribution < 1.29 is 9.53 Å². The third kappa shape index (κ3) is 1.15. The molecule has 1 aliphatic heterocycles. The lowest BCUT2D eigenvalue weighted by Gasteiger charge is -1.96. The van der Waals surface area contributed by atoms with Crippen molar-refractivity contribution in [3.8, 4) is 0 Å². The zero-order valence-corrected chi connectivity index (χ0v) is 7.69. The zero-order valence-electron chi connectivity index (χ0n) is 7.69. The highest BCUT2D eigenvalue weighted by Crippen LogP contribution is 2.37. The van der Waals surface area contributed by atoms with Gasteiger partial charge in [-0.15, -0.1) is 0 Å². The molecule has 1 aromatic rings. The summed E-state index contributed by atoms with van der Waals surface area (Å²) in [4.78, 5) is 11.4. The van der Waals surface area contributed by atoms with Crippen molar-refractivity contribution in [1.82, 2.24) is 0 Å². The molecule has 2 heteroatoms. The minimum atomic E-state index is -0.215. The second-order valence-electron chi connectivity index (χ2n) is 3.80. The molecule has 14 heavy (non-hydrogen) atoms. The van der Waals surface area contributed by atoms with Crippen LogP contribution in [0.3, 0.4) is 0 Å². The van der Waals surface area contributed by atoms with Crippen LogP contribution in [-0.4, -0.2) is 5.97 Å². The standard InChI is InChI=1S/C12H10O2/c13-12-10-4-2-1-3-9(10)11(14-12)7-8-5-6-8/h1-4,7-8H,5-6H2/b11-7-. The molecule has 0 saturated heterocycles. The molecule has 1 fully saturated rings. The van der Waals surface area contributed by atoms with Crippen LogP contribution in [-0.2, 0) is 4.74 Å². The van der Waals surface area contributed by atoms with Gasteiger partial charge in [-0.3, -0.25) is 0 Å². The molecule has 0 N–H and O–H groups in total. The van der Waals surface area contributed by atoms with E-state index in [0.29, 0.717) is 11.5 Å². The number of carbonyl (C=O) groups is 1. The number of esters is 1. The Kier molecular flexibility index (Phi) is 1.51. The van der Waals surface area contributed by atoms with E-state index < -0.39 is 0 Å². The van der Waals surface area contributed by atoms with E-state index in [-0.39, 0.29) is 5.97 Å². The topological polar surface area (TPSA) is 26.3 Å². The van der Waals surface area contributed by atoms with E-state index in [1.807, 2.05) is 24.3 Å². The molecule has 1 aliphatic carbocycles. The number of carbonyl (C=O) groups excluding carboxylic acids is 1. The van der Waals surface area contributed by atoms with Crippen LogP contribution in [0, 0.1) is 5.92 Å². The summed E-state index contributed by atoms with van der Waals surface area (Å²) in [6.45, 7) is 0. The van der Waals surface area contributed by atoms with Gasteiger partial charge in [-0.1, -0.05) is 18.2 Å². The average Bonchev–Trinajstić information content (AvgIpc) is 2.95. The van der Waals surface area contributed by atoms with Gasteiger partial charge in [-0.2, -0.15) is 0 Å². The van der Waals surface area contributed by atoms with Crippen molar-refractivity contribution in [3.05, 3.63) is 41.5 Å². The number of hydrogen-bond donors (Lipinski definition) is 0. The molecule has 0 bridgehead atoms. The normalized spacial score (nSPS) is 22.3. The van der Waals surface area contributed by atoms with E-state index in [4.69, 9.17) is 4.74 Å². The van der Waals surface area contributed by atoms with Crippen LogP contribution in [0.15, 0.2) is 30.3 Å². The second-order valence-corrected chi connectivity index (χ2v) is 3.80. The van der Waals surface area contributed by atoms with Gasteiger partial charge in [-0.05, 0) is 30.9 Å². The van der Waals surface area contributed by atoms with Crippen LogP contribution in [0.4, 0.5) is 0 Å². The first kappa shape index (κ1) is 7.80. The fourth-order valence-corrected chi connectivity index (χ4v) is 1.69. The minimum absolute atomic E-state index is 0.215. The number of fused-ring (bicyclic) bond motifs is 1. The van der Waals surface area contributed by atoms with Crippen LogP contribution < -0.4 is 0 Å². The first-order chi connectivity index (χ1) is 6.84. The molecule has 0 aromatic heterocycles. The van der Waals surface area contributed by atoms with Gasteiger partial charge < -0.3 is 4.74 Å². The van der Waals surface area contributed by atoms with Gasteiger partial charge in [0.1, 0.15) is 5.76 Å². The smallest absolute Gasteiger partial charge is 0.344 e. The highest BCUT2D eigenvalue weighted by atomic mass is 16.5. The molecular weight excluding hydrogens is 176 g/mol. The van der Waals surface area contributed by atoms with E-state index in [1.54, 1.807) is 0 Å². The van der Waals surface area contributed by atoms with E-state index in [9.17, 15) is 4.79 Å². The van der Waals surface area contributed by atoms with Crippen molar-refractivity contribution in [2.45, 2.75) is 12.8 Å². The van der Waals surface area contributed by atoms with Crippen LogP contribution in [0.25, 0.3) is 5.76 Å². The Morgan fingerprint density at radius 2 is 1.93 bits per heavy atom. The number of hydrogen-bond acceptors (Lipinski definition) is 2. The molecule has 0 radical (unpaired) electrons. The van der Waals surface area contributed by atoms with Crippen molar-refractivity contribution in [2.24, 2.45) is 5.92 Å². The summed E-state index contributed by atoms with van der Waals surface area (Å²) in [6, 6.07) is 7.54. The summed E-state index contributed by atoms with van der Waals surface area (Å²) in [5.74, 6) is 1.17. The lowest BCUT2D eigenvalue weighted by molar-refractivity contribution is 0.0715. The third-order valence-corrected chi connectivity index (χ3v) is 2.62. The Labute approximate surface area is 82.2 Å². The fourth-order valence-electron chi connectivity index (χ4n) is 1.69. The molecule has 0 spiro atoms. The van der Waals surface area contributed by atoms with Crippen molar-refractivity contribution in [2.75, 3.05) is 0 Å². The molecule has 1 heterocycles. The van der Waals surface area contributed by atoms with Gasteiger partial charge in [0.2, 0.25) is 0 Å². The lowest BCUT2D eigenvalue weighted by Crippen LogP contribution is -1.92. The van der Waals surface area contributed by atoms with Gasteiger partial charge in [0.05, 0.1) is 5.56 Å². The monoisotopic (exact) mass is 186 g/mol. The maximum absolute atomic E-state index is 11.4. The molecule has 3 rings (SSSR count). The number of allylic oxidation sites excluding steroid dienone is 1. The van der Waals surface area contributed by atoms with Gasteiger partial charge in [0.15, 0.2) is 0 Å². The summed E-state index contributed by atoms with van der Waals surface area (Å²) in [6.07, 6.45) is 4.52. The Balaban J connectivity index is 2.08. The summed E-state index contributed by atoms with van der Waals surface area (Å²) in [7, 11) is 0. The summed E-state index contributed by atoms with van der Waals surface area (Å²) >= 11 is 0. The van der Waals surface area contributed by atoms with Crippen LogP contribution in [0.5, 0.6) is 0 Å². The maximum Gasteiger partial charge on any atom is 0.344 e. The highest BCUT2D eigenvalue weighted by Gasteiger charge is 2.28. The summed E-state index contributed by atoms with van der Waals surface area (Å²) in [5, 5.41) is 0. The quantitative estimate of drug-likeness (QED) is 0.630. The SMILES string of the molecule is O=C1O/C(=C\C2CC2)c2ccccc21. The predicted octanol–water partition coefficient (Wildman–Crippen LogP) is 2.61. The van der Waals surface area contributed by atoms with Gasteiger partial charge >= 0.3 is 5.97 Å². The third-order valence-electron chi connectivity index (χ3n) is 2.62. The van der Waals surface area contributed by atoms with Crippen molar-refractivity contribution in [3.63, 3.8) is 0 Å². The molecule has 0 atom stereocenters. The van der Waals surface area contributed by atoms with Crippen LogP contribution >= 0.6 is 0 Å². The number of ether oxygens (including phenoxy) is 1. The first-order valence-corrected chi connectivity index (χ1v) is 4.88. The molecule has 2 nitrogen and oxygen atoms in total. The first-order valence-electron chi connectivity index (χ1n) is 4.88. The molecule has 2 aliphatic rings. The van der Waals surface area contributed by atoms with E-state index in [0.717, 1.165) is 11.3 Å². The zero-order chi connectivity index (χ0) is 9.54.